The first-order valence-electron chi connectivity index (χ1n) is 8.17. The molecule has 0 fully saturated rings. The minimum absolute atomic E-state index is 0.0574. The van der Waals surface area contributed by atoms with Crippen LogP contribution in [0, 0.1) is 51.2 Å². The largest absolute Gasteiger partial charge is 0.399 e. The summed E-state index contributed by atoms with van der Waals surface area (Å²) in [4.78, 5) is 0. The molecule has 0 aliphatic heterocycles. The molecular formula is C20H17ClN4. The summed E-state index contributed by atoms with van der Waals surface area (Å²) in [7, 11) is 0. The minimum Gasteiger partial charge on any atom is -0.399 e. The van der Waals surface area contributed by atoms with E-state index in [0.717, 1.165) is 24.0 Å². The van der Waals surface area contributed by atoms with Gasteiger partial charge in [0.1, 0.15) is 6.07 Å². The SMILES string of the molecule is C[C@@H]1CC=C2C(C#N)=C(N)C(C#N)(C#N)[C@H](c3cccc(Cl)c3)[C@H]2C1. The van der Waals surface area contributed by atoms with E-state index in [9.17, 15) is 15.8 Å². The molecule has 0 saturated heterocycles. The van der Waals surface area contributed by atoms with Gasteiger partial charge in [0, 0.05) is 10.9 Å². The quantitative estimate of drug-likeness (QED) is 0.823. The Bertz CT molecular complexity index is 893. The molecule has 1 aromatic rings. The summed E-state index contributed by atoms with van der Waals surface area (Å²) in [5.74, 6) is -0.152. The summed E-state index contributed by atoms with van der Waals surface area (Å²) in [5, 5.41) is 30.0. The van der Waals surface area contributed by atoms with Crippen molar-refractivity contribution in [2.45, 2.75) is 25.7 Å². The van der Waals surface area contributed by atoms with Gasteiger partial charge < -0.3 is 5.73 Å². The van der Waals surface area contributed by atoms with Gasteiger partial charge in [-0.15, -0.1) is 0 Å². The second kappa shape index (κ2) is 6.29. The molecule has 25 heavy (non-hydrogen) atoms. The summed E-state index contributed by atoms with van der Waals surface area (Å²) in [6, 6.07) is 13.6. The van der Waals surface area contributed by atoms with Gasteiger partial charge in [0.05, 0.1) is 23.4 Å². The van der Waals surface area contributed by atoms with Gasteiger partial charge in [-0.05, 0) is 47.9 Å². The van der Waals surface area contributed by atoms with E-state index in [-0.39, 0.29) is 11.6 Å². The number of rotatable bonds is 1. The van der Waals surface area contributed by atoms with Gasteiger partial charge in [0.15, 0.2) is 5.41 Å². The first kappa shape index (κ1) is 17.1. The second-order valence-corrected chi connectivity index (χ2v) is 7.24. The average molecular weight is 349 g/mol. The predicted octanol–water partition coefficient (Wildman–Crippen LogP) is 4.18. The van der Waals surface area contributed by atoms with Crippen LogP contribution in [0.15, 0.2) is 47.2 Å². The Morgan fingerprint density at radius 2 is 1.96 bits per heavy atom. The molecule has 0 radical (unpaired) electrons. The fourth-order valence-electron chi connectivity index (χ4n) is 4.15. The summed E-state index contributed by atoms with van der Waals surface area (Å²) in [5.41, 5.74) is 6.68. The van der Waals surface area contributed by atoms with Crippen LogP contribution in [-0.4, -0.2) is 0 Å². The molecule has 3 rings (SSSR count). The highest BCUT2D eigenvalue weighted by atomic mass is 35.5. The van der Waals surface area contributed by atoms with E-state index in [1.165, 1.54) is 0 Å². The molecule has 0 saturated carbocycles. The molecular weight excluding hydrogens is 332 g/mol. The van der Waals surface area contributed by atoms with Crippen LogP contribution in [0.2, 0.25) is 5.02 Å². The first-order valence-corrected chi connectivity index (χ1v) is 8.55. The van der Waals surface area contributed by atoms with Gasteiger partial charge in [-0.3, -0.25) is 0 Å². The lowest BCUT2D eigenvalue weighted by Crippen LogP contribution is -2.43. The van der Waals surface area contributed by atoms with E-state index < -0.39 is 11.3 Å². The van der Waals surface area contributed by atoms with Crippen molar-refractivity contribution in [2.24, 2.45) is 23.0 Å². The molecule has 2 N–H and O–H groups in total. The first-order chi connectivity index (χ1) is 12.0. The summed E-state index contributed by atoms with van der Waals surface area (Å²) < 4.78 is 0. The number of hydrogen-bond donors (Lipinski definition) is 1. The third kappa shape index (κ3) is 2.49. The zero-order chi connectivity index (χ0) is 18.2. The van der Waals surface area contributed by atoms with Gasteiger partial charge in [0.25, 0.3) is 0 Å². The Morgan fingerprint density at radius 1 is 1.24 bits per heavy atom. The van der Waals surface area contributed by atoms with E-state index in [1.54, 1.807) is 12.1 Å². The number of nitriles is 3. The van der Waals surface area contributed by atoms with Gasteiger partial charge in [-0.25, -0.2) is 0 Å². The highest BCUT2D eigenvalue weighted by Gasteiger charge is 2.54. The van der Waals surface area contributed by atoms with E-state index in [0.29, 0.717) is 16.5 Å². The maximum atomic E-state index is 9.93. The third-order valence-corrected chi connectivity index (χ3v) is 5.56. The lowest BCUT2D eigenvalue weighted by molar-refractivity contribution is 0.284. The molecule has 0 unspecified atom stereocenters. The Morgan fingerprint density at radius 3 is 2.56 bits per heavy atom. The summed E-state index contributed by atoms with van der Waals surface area (Å²) in [6.07, 6.45) is 3.70. The second-order valence-electron chi connectivity index (χ2n) is 6.81. The van der Waals surface area contributed by atoms with Crippen LogP contribution in [0.5, 0.6) is 0 Å². The van der Waals surface area contributed by atoms with Crippen LogP contribution in [0.1, 0.15) is 31.2 Å². The molecule has 2 aliphatic rings. The Labute approximate surface area is 152 Å². The summed E-state index contributed by atoms with van der Waals surface area (Å²) in [6.45, 7) is 2.14. The number of fused-ring (bicyclic) bond motifs is 1. The highest BCUT2D eigenvalue weighted by molar-refractivity contribution is 6.30. The number of allylic oxidation sites excluding steroid dienone is 4. The number of nitrogens with two attached hydrogens (primary N) is 1. The molecule has 0 heterocycles. The molecule has 0 bridgehead atoms. The lowest BCUT2D eigenvalue weighted by atomic mass is 9.56. The van der Waals surface area contributed by atoms with Crippen molar-refractivity contribution >= 4 is 11.6 Å². The molecule has 1 aromatic carbocycles. The Hall–Kier alpha value is -2.74. The normalized spacial score (nSPS) is 27.3. The minimum atomic E-state index is -1.57. The van der Waals surface area contributed by atoms with Crippen molar-refractivity contribution in [3.63, 3.8) is 0 Å². The topological polar surface area (TPSA) is 97.4 Å². The van der Waals surface area contributed by atoms with Crippen molar-refractivity contribution in [1.29, 1.82) is 15.8 Å². The van der Waals surface area contributed by atoms with Crippen LogP contribution in [0.4, 0.5) is 0 Å². The predicted molar refractivity (Wildman–Crippen MR) is 94.6 cm³/mol. The fourth-order valence-corrected chi connectivity index (χ4v) is 4.35. The number of benzene rings is 1. The molecule has 2 aliphatic carbocycles. The van der Waals surface area contributed by atoms with E-state index in [1.807, 2.05) is 18.2 Å². The molecule has 124 valence electrons. The summed E-state index contributed by atoms with van der Waals surface area (Å²) >= 11 is 6.16. The van der Waals surface area contributed by atoms with Crippen LogP contribution in [0.3, 0.4) is 0 Å². The van der Waals surface area contributed by atoms with Gasteiger partial charge >= 0.3 is 0 Å². The fraction of sp³-hybridized carbons (Fsp3) is 0.350. The van der Waals surface area contributed by atoms with Crippen molar-refractivity contribution in [3.05, 3.63) is 57.8 Å². The zero-order valence-electron chi connectivity index (χ0n) is 13.8. The Balaban J connectivity index is 2.34. The molecule has 0 spiro atoms. The van der Waals surface area contributed by atoms with Crippen LogP contribution >= 0.6 is 11.6 Å². The average Bonchev–Trinajstić information content (AvgIpc) is 2.61. The van der Waals surface area contributed by atoms with Crippen LogP contribution in [-0.2, 0) is 0 Å². The maximum Gasteiger partial charge on any atom is 0.191 e. The lowest BCUT2D eigenvalue weighted by Gasteiger charge is -2.44. The van der Waals surface area contributed by atoms with Crippen molar-refractivity contribution in [1.82, 2.24) is 0 Å². The smallest absolute Gasteiger partial charge is 0.191 e. The van der Waals surface area contributed by atoms with Gasteiger partial charge in [-0.1, -0.05) is 36.7 Å². The van der Waals surface area contributed by atoms with E-state index in [2.05, 4.69) is 25.1 Å². The van der Waals surface area contributed by atoms with Crippen molar-refractivity contribution in [2.75, 3.05) is 0 Å². The van der Waals surface area contributed by atoms with Crippen LogP contribution in [0.25, 0.3) is 0 Å². The molecule has 5 heteroatoms. The maximum absolute atomic E-state index is 9.93. The van der Waals surface area contributed by atoms with Crippen molar-refractivity contribution in [3.8, 4) is 18.2 Å². The van der Waals surface area contributed by atoms with E-state index >= 15 is 0 Å². The molecule has 0 amide bonds. The highest BCUT2D eigenvalue weighted by Crippen LogP contribution is 2.56. The molecule has 0 aromatic heterocycles. The van der Waals surface area contributed by atoms with E-state index in [4.69, 9.17) is 17.3 Å². The third-order valence-electron chi connectivity index (χ3n) is 5.32. The monoisotopic (exact) mass is 348 g/mol. The number of hydrogen-bond acceptors (Lipinski definition) is 4. The van der Waals surface area contributed by atoms with Crippen molar-refractivity contribution < 1.29 is 0 Å². The van der Waals surface area contributed by atoms with Crippen LogP contribution < -0.4 is 5.73 Å². The standard InChI is InChI=1S/C20H17ClN4/c1-12-5-6-15-16(7-12)18(13-3-2-4-14(21)8-13)20(10-23,11-24)19(25)17(15)9-22/h2-4,6,8,12,16,18H,5,7,25H2,1H3/t12-,16+,18-/m1/s1. The molecule has 3 atom stereocenters. The number of halogens is 1. The Kier molecular flexibility index (Phi) is 4.30. The zero-order valence-corrected chi connectivity index (χ0v) is 14.6. The number of nitrogens with zero attached hydrogens (tertiary/aromatic N) is 3. The molecule has 4 nitrogen and oxygen atoms in total. The van der Waals surface area contributed by atoms with Gasteiger partial charge in [-0.2, -0.15) is 15.8 Å². The van der Waals surface area contributed by atoms with Gasteiger partial charge in [0.2, 0.25) is 0 Å².